The molecule has 0 spiro atoms. The minimum Gasteiger partial charge on any atom is -0.464 e. The second-order valence-corrected chi connectivity index (χ2v) is 8.93. The SMILES string of the molecule is C=N/N=C(/C)OCN1CC2C(C1)C2Nc1nc(C(CCC)c2ccc(C)c(F)c2F)n(C)n1. The molecule has 0 radical (unpaired) electrons. The van der Waals surface area contributed by atoms with E-state index in [0.29, 0.717) is 59.8 Å². The van der Waals surface area contributed by atoms with Crippen LogP contribution in [0.4, 0.5) is 14.7 Å². The van der Waals surface area contributed by atoms with E-state index in [9.17, 15) is 8.78 Å². The Hall–Kier alpha value is -2.88. The highest BCUT2D eigenvalue weighted by molar-refractivity contribution is 5.73. The standard InChI is InChI=1S/C23H31F2N7O/c1-6-7-16(15-9-8-13(2)19(24)20(15)25)22-28-23(30-31(22)5)27-21-17-10-32(11-18(17)21)12-33-14(3)29-26-4/h8-9,16-18,21H,4,6-7,10-12H2,1-3,5H3,(H,27,30)/b29-14-. The number of hydrogen-bond donors (Lipinski definition) is 1. The molecule has 2 fully saturated rings. The van der Waals surface area contributed by atoms with E-state index in [1.807, 2.05) is 6.92 Å². The average Bonchev–Trinajstić information content (AvgIpc) is 3.10. The van der Waals surface area contributed by atoms with E-state index in [4.69, 9.17) is 4.74 Å². The van der Waals surface area contributed by atoms with Gasteiger partial charge in [0.1, 0.15) is 12.6 Å². The Kier molecular flexibility index (Phi) is 6.73. The molecule has 3 unspecified atom stereocenters. The van der Waals surface area contributed by atoms with Crippen molar-refractivity contribution >= 4 is 18.6 Å². The van der Waals surface area contributed by atoms with Crippen molar-refractivity contribution in [1.82, 2.24) is 19.7 Å². The molecule has 33 heavy (non-hydrogen) atoms. The van der Waals surface area contributed by atoms with Crippen molar-refractivity contribution in [3.05, 3.63) is 40.7 Å². The summed E-state index contributed by atoms with van der Waals surface area (Å²) in [6.07, 6.45) is 1.46. The Morgan fingerprint density at radius 3 is 2.70 bits per heavy atom. The number of aryl methyl sites for hydroxylation is 2. The Bertz CT molecular complexity index is 1040. The maximum atomic E-state index is 14.7. The van der Waals surface area contributed by atoms with Gasteiger partial charge in [0.05, 0.1) is 0 Å². The lowest BCUT2D eigenvalue weighted by molar-refractivity contribution is 0.127. The fourth-order valence-electron chi connectivity index (χ4n) is 4.80. The predicted molar refractivity (Wildman–Crippen MR) is 123 cm³/mol. The fraction of sp³-hybridized carbons (Fsp3) is 0.565. The fourth-order valence-corrected chi connectivity index (χ4v) is 4.80. The molecule has 1 N–H and O–H groups in total. The van der Waals surface area contributed by atoms with Crippen LogP contribution in [0.15, 0.2) is 22.3 Å². The molecule has 1 saturated carbocycles. The molecule has 1 aromatic carbocycles. The number of fused-ring (bicyclic) bond motifs is 1. The monoisotopic (exact) mass is 459 g/mol. The van der Waals surface area contributed by atoms with Crippen molar-refractivity contribution < 1.29 is 13.5 Å². The summed E-state index contributed by atoms with van der Waals surface area (Å²) >= 11 is 0. The third kappa shape index (κ3) is 4.75. The summed E-state index contributed by atoms with van der Waals surface area (Å²) in [5.41, 5.74) is 0.623. The van der Waals surface area contributed by atoms with Crippen molar-refractivity contribution in [2.75, 3.05) is 25.1 Å². The largest absolute Gasteiger partial charge is 0.464 e. The zero-order chi connectivity index (χ0) is 23.7. The molecule has 8 nitrogen and oxygen atoms in total. The van der Waals surface area contributed by atoms with Crippen LogP contribution in [-0.4, -0.2) is 58.1 Å². The van der Waals surface area contributed by atoms with E-state index in [2.05, 4.69) is 37.2 Å². The highest BCUT2D eigenvalue weighted by Gasteiger charge is 2.56. The summed E-state index contributed by atoms with van der Waals surface area (Å²) < 4.78 is 36.2. The van der Waals surface area contributed by atoms with Gasteiger partial charge in [-0.25, -0.2) is 8.78 Å². The van der Waals surface area contributed by atoms with Gasteiger partial charge in [0.25, 0.3) is 0 Å². The lowest BCUT2D eigenvalue weighted by Gasteiger charge is -2.19. The first-order chi connectivity index (χ1) is 15.8. The highest BCUT2D eigenvalue weighted by Crippen LogP contribution is 2.47. The Morgan fingerprint density at radius 1 is 1.30 bits per heavy atom. The third-order valence-electron chi connectivity index (χ3n) is 6.60. The molecular formula is C23H31F2N7O. The minimum atomic E-state index is -0.797. The molecule has 1 saturated heterocycles. The van der Waals surface area contributed by atoms with Crippen LogP contribution in [0.5, 0.6) is 0 Å². The van der Waals surface area contributed by atoms with Crippen molar-refractivity contribution in [3.63, 3.8) is 0 Å². The average molecular weight is 460 g/mol. The van der Waals surface area contributed by atoms with Gasteiger partial charge in [0.2, 0.25) is 11.8 Å². The number of piperidine rings is 1. The van der Waals surface area contributed by atoms with Gasteiger partial charge in [0, 0.05) is 51.3 Å². The quantitative estimate of drug-likeness (QED) is 0.352. The van der Waals surface area contributed by atoms with Crippen molar-refractivity contribution in [2.45, 2.75) is 45.6 Å². The molecule has 3 atom stereocenters. The van der Waals surface area contributed by atoms with Gasteiger partial charge in [-0.15, -0.1) is 10.2 Å². The first-order valence-corrected chi connectivity index (χ1v) is 11.3. The van der Waals surface area contributed by atoms with Crippen LogP contribution in [0.3, 0.4) is 0 Å². The number of hydrogen-bond acceptors (Lipinski definition) is 7. The van der Waals surface area contributed by atoms with E-state index in [0.717, 1.165) is 19.5 Å². The normalized spacial score (nSPS) is 23.3. The van der Waals surface area contributed by atoms with Gasteiger partial charge >= 0.3 is 0 Å². The molecular weight excluding hydrogens is 428 g/mol. The molecule has 2 heterocycles. The first kappa shape index (κ1) is 23.3. The molecule has 2 aromatic rings. The maximum absolute atomic E-state index is 14.7. The highest BCUT2D eigenvalue weighted by atomic mass is 19.2. The number of anilines is 1. The second kappa shape index (κ2) is 9.54. The number of ether oxygens (including phenoxy) is 1. The second-order valence-electron chi connectivity index (χ2n) is 8.93. The van der Waals surface area contributed by atoms with Gasteiger partial charge in [-0.3, -0.25) is 9.58 Å². The van der Waals surface area contributed by atoms with Crippen LogP contribution in [0.1, 0.15) is 49.6 Å². The topological polar surface area (TPSA) is 79.9 Å². The smallest absolute Gasteiger partial charge is 0.242 e. The van der Waals surface area contributed by atoms with Crippen LogP contribution in [0, 0.1) is 30.4 Å². The molecule has 1 aliphatic heterocycles. The summed E-state index contributed by atoms with van der Waals surface area (Å²) in [7, 11) is 1.80. The lowest BCUT2D eigenvalue weighted by atomic mass is 9.92. The number of aromatic nitrogens is 3. The van der Waals surface area contributed by atoms with Crippen LogP contribution in [0.25, 0.3) is 0 Å². The summed E-state index contributed by atoms with van der Waals surface area (Å²) in [6, 6.07) is 3.59. The first-order valence-electron chi connectivity index (χ1n) is 11.3. The van der Waals surface area contributed by atoms with E-state index in [1.165, 1.54) is 0 Å². The van der Waals surface area contributed by atoms with E-state index in [1.54, 1.807) is 37.7 Å². The molecule has 178 valence electrons. The van der Waals surface area contributed by atoms with E-state index < -0.39 is 11.6 Å². The summed E-state index contributed by atoms with van der Waals surface area (Å²) in [6.45, 7) is 11.0. The van der Waals surface area contributed by atoms with Crippen molar-refractivity contribution in [3.8, 4) is 0 Å². The van der Waals surface area contributed by atoms with Crippen molar-refractivity contribution in [2.24, 2.45) is 29.1 Å². The summed E-state index contributed by atoms with van der Waals surface area (Å²) in [5, 5.41) is 15.2. The van der Waals surface area contributed by atoms with E-state index in [-0.39, 0.29) is 5.92 Å². The number of halogens is 2. The van der Waals surface area contributed by atoms with Gasteiger partial charge in [-0.2, -0.15) is 10.1 Å². The van der Waals surface area contributed by atoms with Crippen LogP contribution >= 0.6 is 0 Å². The van der Waals surface area contributed by atoms with E-state index >= 15 is 0 Å². The van der Waals surface area contributed by atoms with Crippen molar-refractivity contribution in [1.29, 1.82) is 0 Å². The molecule has 0 bridgehead atoms. The lowest BCUT2D eigenvalue weighted by Crippen LogP contribution is -2.31. The van der Waals surface area contributed by atoms with Crippen LogP contribution in [0.2, 0.25) is 0 Å². The Labute approximate surface area is 192 Å². The van der Waals surface area contributed by atoms with Crippen LogP contribution < -0.4 is 5.32 Å². The third-order valence-corrected chi connectivity index (χ3v) is 6.60. The zero-order valence-corrected chi connectivity index (χ0v) is 19.6. The zero-order valence-electron chi connectivity index (χ0n) is 19.6. The van der Waals surface area contributed by atoms with Crippen LogP contribution in [-0.2, 0) is 11.8 Å². The summed E-state index contributed by atoms with van der Waals surface area (Å²) in [4.78, 5) is 6.92. The maximum Gasteiger partial charge on any atom is 0.242 e. The molecule has 0 amide bonds. The molecule has 1 aliphatic carbocycles. The van der Waals surface area contributed by atoms with Gasteiger partial charge < -0.3 is 10.1 Å². The Balaban J connectivity index is 1.41. The molecule has 4 rings (SSSR count). The number of benzene rings is 1. The summed E-state index contributed by atoms with van der Waals surface area (Å²) in [5.74, 6) is 0.717. The Morgan fingerprint density at radius 2 is 2.03 bits per heavy atom. The van der Waals surface area contributed by atoms with Gasteiger partial charge in [-0.05, 0) is 30.7 Å². The predicted octanol–water partition coefficient (Wildman–Crippen LogP) is 3.68. The number of likely N-dealkylation sites (tertiary alicyclic amines) is 1. The molecule has 10 heteroatoms. The minimum absolute atomic E-state index is 0.298. The molecule has 2 aliphatic rings. The number of nitrogens with zero attached hydrogens (tertiary/aromatic N) is 6. The number of nitrogens with one attached hydrogen (secondary N) is 1. The van der Waals surface area contributed by atoms with Gasteiger partial charge in [0.15, 0.2) is 11.6 Å². The molecule has 1 aromatic heterocycles. The number of rotatable bonds is 9. The van der Waals surface area contributed by atoms with Gasteiger partial charge in [-0.1, -0.05) is 25.5 Å².